The maximum absolute atomic E-state index is 10.9. The predicted molar refractivity (Wildman–Crippen MR) is 133 cm³/mol. The number of aromatic hydroxyl groups is 1. The third-order valence-corrected chi connectivity index (χ3v) is 6.06. The van der Waals surface area contributed by atoms with Crippen LogP contribution in [-0.4, -0.2) is 24.0 Å². The van der Waals surface area contributed by atoms with Crippen LogP contribution in [0.5, 0.6) is 17.2 Å². The van der Waals surface area contributed by atoms with E-state index in [0.29, 0.717) is 35.4 Å². The van der Waals surface area contributed by atoms with Gasteiger partial charge < -0.3 is 14.6 Å². The van der Waals surface area contributed by atoms with Gasteiger partial charge in [-0.2, -0.15) is 0 Å². The number of phenols is 1. The third-order valence-electron chi connectivity index (χ3n) is 5.50. The van der Waals surface area contributed by atoms with Crippen LogP contribution in [0, 0.1) is 0 Å². The summed E-state index contributed by atoms with van der Waals surface area (Å²) in [5.41, 5.74) is 3.45. The summed E-state index contributed by atoms with van der Waals surface area (Å²) >= 11 is 12.6. The SMILES string of the molecule is CCOc1ccc(C2=N[C@H](c3ccc(Cl)cc3Cl)N[C@@H](c3cccc(OCC)c3O)C2)cc1. The van der Waals surface area contributed by atoms with Gasteiger partial charge in [-0.15, -0.1) is 0 Å². The summed E-state index contributed by atoms with van der Waals surface area (Å²) in [5, 5.41) is 15.5. The average Bonchev–Trinajstić information content (AvgIpc) is 2.81. The Labute approximate surface area is 204 Å². The van der Waals surface area contributed by atoms with Gasteiger partial charge in [0, 0.05) is 39.3 Å². The van der Waals surface area contributed by atoms with Crippen molar-refractivity contribution in [2.45, 2.75) is 32.5 Å². The molecule has 0 saturated carbocycles. The van der Waals surface area contributed by atoms with Crippen molar-refractivity contribution in [3.8, 4) is 17.2 Å². The smallest absolute Gasteiger partial charge is 0.162 e. The van der Waals surface area contributed by atoms with Gasteiger partial charge in [-0.1, -0.05) is 41.4 Å². The van der Waals surface area contributed by atoms with E-state index in [4.69, 9.17) is 37.7 Å². The number of nitrogens with one attached hydrogen (secondary N) is 1. The van der Waals surface area contributed by atoms with Crippen LogP contribution in [0.1, 0.15) is 49.2 Å². The second-order valence-corrected chi connectivity index (χ2v) is 8.50. The molecule has 1 aliphatic rings. The molecule has 172 valence electrons. The van der Waals surface area contributed by atoms with E-state index in [1.165, 1.54) is 0 Å². The fraction of sp³-hybridized carbons (Fsp3) is 0.269. The molecule has 0 saturated heterocycles. The van der Waals surface area contributed by atoms with E-state index in [9.17, 15) is 5.11 Å². The van der Waals surface area contributed by atoms with E-state index < -0.39 is 6.17 Å². The molecule has 0 aromatic heterocycles. The van der Waals surface area contributed by atoms with Gasteiger partial charge in [0.1, 0.15) is 11.9 Å². The van der Waals surface area contributed by atoms with Crippen molar-refractivity contribution in [1.29, 1.82) is 0 Å². The minimum Gasteiger partial charge on any atom is -0.504 e. The molecule has 0 fully saturated rings. The molecule has 3 aromatic rings. The molecule has 5 nitrogen and oxygen atoms in total. The number of phenolic OH excluding ortho intramolecular Hbond substituents is 1. The summed E-state index contributed by atoms with van der Waals surface area (Å²) in [6.45, 7) is 4.93. The van der Waals surface area contributed by atoms with Crippen molar-refractivity contribution in [2.75, 3.05) is 13.2 Å². The van der Waals surface area contributed by atoms with Crippen LogP contribution in [0.4, 0.5) is 0 Å². The molecule has 0 bridgehead atoms. The Bertz CT molecular complexity index is 1150. The van der Waals surface area contributed by atoms with Gasteiger partial charge in [-0.3, -0.25) is 10.3 Å². The molecule has 0 unspecified atom stereocenters. The molecule has 2 N–H and O–H groups in total. The minimum absolute atomic E-state index is 0.130. The number of hydrogen-bond donors (Lipinski definition) is 2. The van der Waals surface area contributed by atoms with Crippen LogP contribution in [0.15, 0.2) is 65.7 Å². The summed E-state index contributed by atoms with van der Waals surface area (Å²) in [6, 6.07) is 18.6. The average molecular weight is 485 g/mol. The zero-order chi connectivity index (χ0) is 23.4. The zero-order valence-electron chi connectivity index (χ0n) is 18.5. The molecule has 0 spiro atoms. The number of benzene rings is 3. The largest absolute Gasteiger partial charge is 0.504 e. The molecule has 0 amide bonds. The van der Waals surface area contributed by atoms with Crippen molar-refractivity contribution in [2.24, 2.45) is 4.99 Å². The number of ether oxygens (including phenoxy) is 2. The molecule has 1 heterocycles. The molecule has 7 heteroatoms. The number of halogens is 2. The lowest BCUT2D eigenvalue weighted by Crippen LogP contribution is -2.33. The lowest BCUT2D eigenvalue weighted by molar-refractivity contribution is 0.313. The molecule has 2 atom stereocenters. The van der Waals surface area contributed by atoms with Gasteiger partial charge in [0.2, 0.25) is 0 Å². The van der Waals surface area contributed by atoms with E-state index >= 15 is 0 Å². The summed E-state index contributed by atoms with van der Waals surface area (Å²) in [6.07, 6.45) is 0.170. The van der Waals surface area contributed by atoms with E-state index in [-0.39, 0.29) is 11.8 Å². The van der Waals surface area contributed by atoms with Crippen molar-refractivity contribution >= 4 is 28.9 Å². The van der Waals surface area contributed by atoms with Crippen molar-refractivity contribution < 1.29 is 14.6 Å². The first-order valence-corrected chi connectivity index (χ1v) is 11.7. The standard InChI is InChI=1S/C26H26Cl2N2O3/c1-3-32-18-11-8-16(9-12-18)22-15-23(20-6-5-7-24(25(20)31)33-4-2)30-26(29-22)19-13-10-17(27)14-21(19)28/h5-14,23,26,30-31H,3-4,15H2,1-2H3/t23-,26+/m1/s1. The predicted octanol–water partition coefficient (Wildman–Crippen LogP) is 6.72. The summed E-state index contributed by atoms with van der Waals surface area (Å²) in [4.78, 5) is 4.98. The van der Waals surface area contributed by atoms with E-state index in [1.54, 1.807) is 18.2 Å². The number of hydrogen-bond acceptors (Lipinski definition) is 5. The van der Waals surface area contributed by atoms with Crippen LogP contribution in [0.2, 0.25) is 10.0 Å². The Balaban J connectivity index is 1.75. The maximum atomic E-state index is 10.9. The molecule has 0 radical (unpaired) electrons. The first-order chi connectivity index (χ1) is 16.0. The lowest BCUT2D eigenvalue weighted by atomic mass is 9.93. The maximum Gasteiger partial charge on any atom is 0.162 e. The van der Waals surface area contributed by atoms with Gasteiger partial charge in [0.05, 0.1) is 13.2 Å². The highest BCUT2D eigenvalue weighted by atomic mass is 35.5. The van der Waals surface area contributed by atoms with E-state index in [0.717, 1.165) is 28.2 Å². The normalized spacial score (nSPS) is 18.0. The highest BCUT2D eigenvalue weighted by Crippen LogP contribution is 2.40. The molecular formula is C26H26Cl2N2O3. The van der Waals surface area contributed by atoms with Crippen molar-refractivity contribution in [3.05, 3.63) is 87.4 Å². The third kappa shape index (κ3) is 5.27. The Morgan fingerprint density at radius 1 is 0.970 bits per heavy atom. The number of para-hydroxylation sites is 1. The minimum atomic E-state index is -0.412. The second kappa shape index (κ2) is 10.5. The lowest BCUT2D eigenvalue weighted by Gasteiger charge is -2.31. The van der Waals surface area contributed by atoms with Gasteiger partial charge in [0.25, 0.3) is 0 Å². The summed E-state index contributed by atoms with van der Waals surface area (Å²) in [7, 11) is 0. The van der Waals surface area contributed by atoms with Gasteiger partial charge in [-0.25, -0.2) is 0 Å². The topological polar surface area (TPSA) is 63.1 Å². The summed E-state index contributed by atoms with van der Waals surface area (Å²) < 4.78 is 11.2. The van der Waals surface area contributed by atoms with Gasteiger partial charge >= 0.3 is 0 Å². The van der Waals surface area contributed by atoms with E-state index in [1.807, 2.05) is 56.3 Å². The molecule has 1 aliphatic heterocycles. The van der Waals surface area contributed by atoms with Gasteiger partial charge in [0.15, 0.2) is 11.5 Å². The van der Waals surface area contributed by atoms with E-state index in [2.05, 4.69) is 5.32 Å². The quantitative estimate of drug-likeness (QED) is 0.390. The van der Waals surface area contributed by atoms with Crippen LogP contribution in [0.25, 0.3) is 0 Å². The first-order valence-electron chi connectivity index (χ1n) is 11.0. The van der Waals surface area contributed by atoms with Gasteiger partial charge in [-0.05, 0) is 61.9 Å². The second-order valence-electron chi connectivity index (χ2n) is 7.65. The fourth-order valence-electron chi connectivity index (χ4n) is 3.97. The molecular weight excluding hydrogens is 459 g/mol. The van der Waals surface area contributed by atoms with Crippen molar-refractivity contribution in [3.63, 3.8) is 0 Å². The Hall–Kier alpha value is -2.73. The Morgan fingerprint density at radius 3 is 2.42 bits per heavy atom. The number of nitrogens with zero attached hydrogens (tertiary/aromatic N) is 1. The van der Waals surface area contributed by atoms with Crippen LogP contribution in [-0.2, 0) is 0 Å². The number of aliphatic imine (C=N–C) groups is 1. The summed E-state index contributed by atoms with van der Waals surface area (Å²) in [5.74, 6) is 1.40. The highest BCUT2D eigenvalue weighted by molar-refractivity contribution is 6.35. The molecule has 0 aliphatic carbocycles. The van der Waals surface area contributed by atoms with Crippen LogP contribution in [0.3, 0.4) is 0 Å². The molecule has 4 rings (SSSR count). The monoisotopic (exact) mass is 484 g/mol. The zero-order valence-corrected chi connectivity index (χ0v) is 20.0. The Morgan fingerprint density at radius 2 is 1.73 bits per heavy atom. The Kier molecular flexibility index (Phi) is 7.43. The van der Waals surface area contributed by atoms with Crippen molar-refractivity contribution in [1.82, 2.24) is 5.32 Å². The van der Waals surface area contributed by atoms with Crippen LogP contribution < -0.4 is 14.8 Å². The highest BCUT2D eigenvalue weighted by Gasteiger charge is 2.29. The molecule has 3 aromatic carbocycles. The van der Waals surface area contributed by atoms with Crippen LogP contribution >= 0.6 is 23.2 Å². The molecule has 33 heavy (non-hydrogen) atoms. The fourth-order valence-corrected chi connectivity index (χ4v) is 4.48. The first kappa shape index (κ1) is 23.4. The number of rotatable bonds is 7.